The largest absolute Gasteiger partial charge is 0.445 e. The second kappa shape index (κ2) is 9.66. The number of nitrogens with one attached hydrogen (secondary N) is 1. The van der Waals surface area contributed by atoms with Gasteiger partial charge in [0.15, 0.2) is 0 Å². The molecule has 0 aliphatic carbocycles. The van der Waals surface area contributed by atoms with E-state index in [1.54, 1.807) is 35.5 Å². The quantitative estimate of drug-likeness (QED) is 0.680. The van der Waals surface area contributed by atoms with Gasteiger partial charge in [-0.25, -0.2) is 14.8 Å². The van der Waals surface area contributed by atoms with Gasteiger partial charge in [-0.1, -0.05) is 36.4 Å². The van der Waals surface area contributed by atoms with Crippen molar-refractivity contribution in [2.24, 2.45) is 0 Å². The summed E-state index contributed by atoms with van der Waals surface area (Å²) < 4.78 is 5.40. The molecule has 1 fully saturated rings. The van der Waals surface area contributed by atoms with Crippen molar-refractivity contribution in [3.63, 3.8) is 0 Å². The number of hydrogen-bond acceptors (Lipinski definition) is 7. The Morgan fingerprint density at radius 1 is 0.968 bits per heavy atom. The molecule has 158 valence electrons. The summed E-state index contributed by atoms with van der Waals surface area (Å²) in [6.07, 6.45) is 4.29. The first-order chi connectivity index (χ1) is 15.2. The highest BCUT2D eigenvalue weighted by Crippen LogP contribution is 2.15. The van der Waals surface area contributed by atoms with Gasteiger partial charge in [0.25, 0.3) is 5.91 Å². The summed E-state index contributed by atoms with van der Waals surface area (Å²) in [6, 6.07) is 14.8. The fourth-order valence-corrected chi connectivity index (χ4v) is 3.16. The number of nitrogens with zero attached hydrogens (tertiary/aromatic N) is 5. The second-order valence-electron chi connectivity index (χ2n) is 6.95. The van der Waals surface area contributed by atoms with Crippen LogP contribution in [0.4, 0.5) is 16.4 Å². The summed E-state index contributed by atoms with van der Waals surface area (Å²) in [5.74, 6) is 0.657. The van der Waals surface area contributed by atoms with E-state index in [-0.39, 0.29) is 24.3 Å². The number of aromatic nitrogens is 3. The minimum atomic E-state index is -0.379. The smallest absolute Gasteiger partial charge is 0.410 e. The molecule has 2 aromatic heterocycles. The van der Waals surface area contributed by atoms with Crippen molar-refractivity contribution in [2.75, 3.05) is 36.4 Å². The summed E-state index contributed by atoms with van der Waals surface area (Å²) >= 11 is 0. The lowest BCUT2D eigenvalue weighted by molar-refractivity contribution is 0.0941. The second-order valence-corrected chi connectivity index (χ2v) is 6.95. The molecule has 9 heteroatoms. The lowest BCUT2D eigenvalue weighted by Crippen LogP contribution is -2.49. The van der Waals surface area contributed by atoms with E-state index in [1.165, 1.54) is 6.20 Å². The number of rotatable bonds is 5. The molecule has 3 aromatic rings. The zero-order valence-corrected chi connectivity index (χ0v) is 16.8. The molecule has 3 heterocycles. The van der Waals surface area contributed by atoms with E-state index >= 15 is 0 Å². The first-order valence-electron chi connectivity index (χ1n) is 9.94. The molecular formula is C22H22N6O3. The fraction of sp³-hybridized carbons (Fsp3) is 0.227. The number of hydrogen-bond donors (Lipinski definition) is 1. The van der Waals surface area contributed by atoms with Gasteiger partial charge in [-0.3, -0.25) is 9.78 Å². The molecule has 0 saturated carbocycles. The third-order valence-electron chi connectivity index (χ3n) is 4.83. The van der Waals surface area contributed by atoms with Crippen LogP contribution in [-0.4, -0.2) is 58.0 Å². The Labute approximate surface area is 179 Å². The number of ether oxygens (including phenoxy) is 1. The van der Waals surface area contributed by atoms with Gasteiger partial charge in [0.1, 0.15) is 23.9 Å². The standard InChI is InChI=1S/C22H22N6O3/c29-21(26-19-8-4-5-9-24-19)18-14-23-15-20(25-18)27-10-12-28(13-11-27)22(30)31-16-17-6-2-1-3-7-17/h1-9,14-15H,10-13,16H2,(H,24,26,29). The fourth-order valence-electron chi connectivity index (χ4n) is 3.16. The van der Waals surface area contributed by atoms with Crippen LogP contribution in [0.2, 0.25) is 0 Å². The van der Waals surface area contributed by atoms with Gasteiger partial charge >= 0.3 is 6.09 Å². The molecule has 31 heavy (non-hydrogen) atoms. The predicted octanol–water partition coefficient (Wildman–Crippen LogP) is 2.58. The molecule has 1 aromatic carbocycles. The van der Waals surface area contributed by atoms with Crippen LogP contribution >= 0.6 is 0 Å². The maximum Gasteiger partial charge on any atom is 0.410 e. The van der Waals surface area contributed by atoms with Crippen LogP contribution in [0.3, 0.4) is 0 Å². The average Bonchev–Trinajstić information content (AvgIpc) is 2.84. The SMILES string of the molecule is O=C(Nc1ccccn1)c1cncc(N2CCN(C(=O)OCc3ccccc3)CC2)n1. The van der Waals surface area contributed by atoms with E-state index in [0.717, 1.165) is 5.56 Å². The molecule has 1 aliphatic rings. The van der Waals surface area contributed by atoms with Crippen LogP contribution in [-0.2, 0) is 11.3 Å². The minimum absolute atomic E-state index is 0.202. The Kier molecular flexibility index (Phi) is 6.32. The number of carbonyl (C=O) groups excluding carboxylic acids is 2. The predicted molar refractivity (Wildman–Crippen MR) is 115 cm³/mol. The van der Waals surface area contributed by atoms with Crippen LogP contribution in [0, 0.1) is 0 Å². The highest BCUT2D eigenvalue weighted by Gasteiger charge is 2.23. The maximum atomic E-state index is 12.4. The van der Waals surface area contributed by atoms with E-state index in [4.69, 9.17) is 4.74 Å². The van der Waals surface area contributed by atoms with E-state index < -0.39 is 0 Å². The van der Waals surface area contributed by atoms with Crippen LogP contribution in [0.5, 0.6) is 0 Å². The highest BCUT2D eigenvalue weighted by atomic mass is 16.6. The molecular weight excluding hydrogens is 396 g/mol. The Morgan fingerprint density at radius 2 is 1.74 bits per heavy atom. The van der Waals surface area contributed by atoms with Crippen LogP contribution in [0.25, 0.3) is 0 Å². The van der Waals surface area contributed by atoms with E-state index in [1.807, 2.05) is 35.2 Å². The van der Waals surface area contributed by atoms with Crippen molar-refractivity contribution in [3.8, 4) is 0 Å². The molecule has 0 atom stereocenters. The number of benzene rings is 1. The van der Waals surface area contributed by atoms with Gasteiger partial charge < -0.3 is 19.9 Å². The van der Waals surface area contributed by atoms with Gasteiger partial charge in [-0.05, 0) is 17.7 Å². The highest BCUT2D eigenvalue weighted by molar-refractivity contribution is 6.02. The first-order valence-corrected chi connectivity index (χ1v) is 9.94. The Morgan fingerprint density at radius 3 is 2.48 bits per heavy atom. The Bertz CT molecular complexity index is 1020. The van der Waals surface area contributed by atoms with Crippen molar-refractivity contribution in [2.45, 2.75) is 6.61 Å². The molecule has 0 unspecified atom stereocenters. The van der Waals surface area contributed by atoms with Crippen LogP contribution in [0.15, 0.2) is 67.1 Å². The summed E-state index contributed by atoms with van der Waals surface area (Å²) in [5, 5.41) is 2.70. The molecule has 1 N–H and O–H groups in total. The molecule has 1 saturated heterocycles. The summed E-state index contributed by atoms with van der Waals surface area (Å²) in [4.78, 5) is 41.1. The summed E-state index contributed by atoms with van der Waals surface area (Å²) in [7, 11) is 0. The van der Waals surface area contributed by atoms with E-state index in [2.05, 4.69) is 20.3 Å². The lowest BCUT2D eigenvalue weighted by Gasteiger charge is -2.34. The zero-order valence-electron chi connectivity index (χ0n) is 16.8. The molecule has 0 radical (unpaired) electrons. The minimum Gasteiger partial charge on any atom is -0.445 e. The molecule has 0 bridgehead atoms. The number of amides is 2. The molecule has 2 amide bonds. The average molecular weight is 418 g/mol. The molecule has 0 spiro atoms. The van der Waals surface area contributed by atoms with Crippen molar-refractivity contribution >= 4 is 23.6 Å². The zero-order chi connectivity index (χ0) is 21.5. The normalized spacial score (nSPS) is 13.5. The van der Waals surface area contributed by atoms with E-state index in [9.17, 15) is 9.59 Å². The van der Waals surface area contributed by atoms with Crippen molar-refractivity contribution in [1.82, 2.24) is 19.9 Å². The van der Waals surface area contributed by atoms with Gasteiger partial charge in [0, 0.05) is 32.4 Å². The topological polar surface area (TPSA) is 101 Å². The van der Waals surface area contributed by atoms with Crippen molar-refractivity contribution in [3.05, 3.63) is 78.4 Å². The summed E-state index contributed by atoms with van der Waals surface area (Å²) in [5.41, 5.74) is 1.15. The van der Waals surface area contributed by atoms with Gasteiger partial charge in [0.05, 0.1) is 12.4 Å². The third kappa shape index (κ3) is 5.33. The lowest BCUT2D eigenvalue weighted by atomic mass is 10.2. The van der Waals surface area contributed by atoms with E-state index in [0.29, 0.717) is 37.8 Å². The molecule has 9 nitrogen and oxygen atoms in total. The van der Waals surface area contributed by atoms with Gasteiger partial charge in [0.2, 0.25) is 0 Å². The monoisotopic (exact) mass is 418 g/mol. The van der Waals surface area contributed by atoms with Crippen molar-refractivity contribution in [1.29, 1.82) is 0 Å². The summed E-state index contributed by atoms with van der Waals surface area (Å²) in [6.45, 7) is 2.39. The van der Waals surface area contributed by atoms with Crippen molar-refractivity contribution < 1.29 is 14.3 Å². The van der Waals surface area contributed by atoms with Crippen LogP contribution in [0.1, 0.15) is 16.1 Å². The van der Waals surface area contributed by atoms with Gasteiger partial charge in [-0.15, -0.1) is 0 Å². The third-order valence-corrected chi connectivity index (χ3v) is 4.83. The Hall–Kier alpha value is -4.01. The molecule has 1 aliphatic heterocycles. The number of piperazine rings is 1. The maximum absolute atomic E-state index is 12.4. The number of carbonyl (C=O) groups is 2. The van der Waals surface area contributed by atoms with Gasteiger partial charge in [-0.2, -0.15) is 0 Å². The van der Waals surface area contributed by atoms with Crippen LogP contribution < -0.4 is 10.2 Å². The number of anilines is 2. The Balaban J connectivity index is 1.31. The first kappa shape index (κ1) is 20.3. The number of pyridine rings is 1. The molecule has 4 rings (SSSR count).